The van der Waals surface area contributed by atoms with Crippen LogP contribution in [0.4, 0.5) is 0 Å². The summed E-state index contributed by atoms with van der Waals surface area (Å²) in [6.45, 7) is 9.65. The lowest BCUT2D eigenvalue weighted by molar-refractivity contribution is 0.474. The van der Waals surface area contributed by atoms with E-state index >= 15 is 0 Å². The van der Waals surface area contributed by atoms with Gasteiger partial charge >= 0.3 is 0 Å². The van der Waals surface area contributed by atoms with E-state index in [-0.39, 0.29) is 0 Å². The van der Waals surface area contributed by atoms with E-state index in [1.165, 1.54) is 11.3 Å². The molecular formula is C9H16N2. The summed E-state index contributed by atoms with van der Waals surface area (Å²) in [4.78, 5) is 0. The van der Waals surface area contributed by atoms with Gasteiger partial charge in [-0.1, -0.05) is 13.8 Å². The Morgan fingerprint density at radius 1 is 1.45 bits per heavy atom. The second-order valence-corrected chi connectivity index (χ2v) is 3.49. The number of hydrogen-bond donors (Lipinski definition) is 0. The molecule has 0 aliphatic rings. The van der Waals surface area contributed by atoms with Gasteiger partial charge in [0.2, 0.25) is 0 Å². The van der Waals surface area contributed by atoms with Crippen molar-refractivity contribution in [3.05, 3.63) is 17.5 Å². The van der Waals surface area contributed by atoms with E-state index in [4.69, 9.17) is 0 Å². The predicted molar refractivity (Wildman–Crippen MR) is 46.5 cm³/mol. The van der Waals surface area contributed by atoms with Crippen molar-refractivity contribution in [1.82, 2.24) is 9.78 Å². The van der Waals surface area contributed by atoms with Gasteiger partial charge in [0.05, 0.1) is 6.20 Å². The summed E-state index contributed by atoms with van der Waals surface area (Å²) in [7, 11) is 0. The summed E-state index contributed by atoms with van der Waals surface area (Å²) in [5.41, 5.74) is 2.57. The SMILES string of the molecule is Cc1cnn(CC(C)C)c1C. The topological polar surface area (TPSA) is 17.8 Å². The highest BCUT2D eigenvalue weighted by Crippen LogP contribution is 2.07. The van der Waals surface area contributed by atoms with E-state index in [0.29, 0.717) is 5.92 Å². The fraction of sp³-hybridized carbons (Fsp3) is 0.667. The predicted octanol–water partition coefficient (Wildman–Crippen LogP) is 2.16. The molecule has 1 aromatic heterocycles. The largest absolute Gasteiger partial charge is 0.269 e. The molecule has 0 fully saturated rings. The molecule has 0 bridgehead atoms. The minimum absolute atomic E-state index is 0.674. The first-order valence-corrected chi connectivity index (χ1v) is 4.10. The van der Waals surface area contributed by atoms with Gasteiger partial charge in [0.1, 0.15) is 0 Å². The molecule has 0 N–H and O–H groups in total. The Morgan fingerprint density at radius 2 is 2.09 bits per heavy atom. The molecule has 1 aromatic rings. The summed E-state index contributed by atoms with van der Waals surface area (Å²) >= 11 is 0. The van der Waals surface area contributed by atoms with Crippen molar-refractivity contribution in [2.75, 3.05) is 0 Å². The first kappa shape index (κ1) is 8.31. The van der Waals surface area contributed by atoms with E-state index in [9.17, 15) is 0 Å². The highest BCUT2D eigenvalue weighted by atomic mass is 15.3. The summed E-state index contributed by atoms with van der Waals surface area (Å²) in [5, 5.41) is 4.27. The smallest absolute Gasteiger partial charge is 0.0521 e. The van der Waals surface area contributed by atoms with Gasteiger partial charge in [-0.15, -0.1) is 0 Å². The maximum atomic E-state index is 4.27. The fourth-order valence-electron chi connectivity index (χ4n) is 1.07. The Kier molecular flexibility index (Phi) is 2.32. The van der Waals surface area contributed by atoms with Gasteiger partial charge in [0.25, 0.3) is 0 Å². The van der Waals surface area contributed by atoms with Crippen LogP contribution >= 0.6 is 0 Å². The van der Waals surface area contributed by atoms with Crippen molar-refractivity contribution >= 4 is 0 Å². The molecule has 0 unspecified atom stereocenters. The van der Waals surface area contributed by atoms with Crippen molar-refractivity contribution in [1.29, 1.82) is 0 Å². The third kappa shape index (κ3) is 1.82. The van der Waals surface area contributed by atoms with Gasteiger partial charge in [0.15, 0.2) is 0 Å². The standard InChI is InChI=1S/C9H16N2/c1-7(2)6-11-9(4)8(3)5-10-11/h5,7H,6H2,1-4H3. The third-order valence-corrected chi connectivity index (χ3v) is 1.89. The lowest BCUT2D eigenvalue weighted by atomic mass is 10.2. The second-order valence-electron chi connectivity index (χ2n) is 3.49. The first-order chi connectivity index (χ1) is 5.11. The van der Waals surface area contributed by atoms with Gasteiger partial charge in [-0.2, -0.15) is 5.10 Å². The summed E-state index contributed by atoms with van der Waals surface area (Å²) in [6.07, 6.45) is 1.93. The zero-order valence-corrected chi connectivity index (χ0v) is 7.76. The fourth-order valence-corrected chi connectivity index (χ4v) is 1.07. The van der Waals surface area contributed by atoms with E-state index < -0.39 is 0 Å². The van der Waals surface area contributed by atoms with Crippen LogP contribution in [0.1, 0.15) is 25.1 Å². The molecular weight excluding hydrogens is 136 g/mol. The average molecular weight is 152 g/mol. The van der Waals surface area contributed by atoms with Crippen LogP contribution in [0.2, 0.25) is 0 Å². The van der Waals surface area contributed by atoms with Crippen molar-refractivity contribution in [3.8, 4) is 0 Å². The Labute approximate surface area is 68.2 Å². The molecule has 0 aliphatic heterocycles. The Bertz CT molecular complexity index is 236. The van der Waals surface area contributed by atoms with Crippen LogP contribution in [0, 0.1) is 19.8 Å². The van der Waals surface area contributed by atoms with E-state index in [1.807, 2.05) is 6.20 Å². The number of nitrogens with zero attached hydrogens (tertiary/aromatic N) is 2. The van der Waals surface area contributed by atoms with Crippen LogP contribution in [0.15, 0.2) is 6.20 Å². The highest BCUT2D eigenvalue weighted by Gasteiger charge is 2.02. The summed E-state index contributed by atoms with van der Waals surface area (Å²) < 4.78 is 2.07. The second kappa shape index (κ2) is 3.07. The third-order valence-electron chi connectivity index (χ3n) is 1.89. The monoisotopic (exact) mass is 152 g/mol. The molecule has 0 atom stereocenters. The van der Waals surface area contributed by atoms with Crippen molar-refractivity contribution < 1.29 is 0 Å². The van der Waals surface area contributed by atoms with Crippen LogP contribution in [0.25, 0.3) is 0 Å². The summed E-state index contributed by atoms with van der Waals surface area (Å²) in [6, 6.07) is 0. The van der Waals surface area contributed by atoms with Crippen molar-refractivity contribution in [3.63, 3.8) is 0 Å². The maximum Gasteiger partial charge on any atom is 0.0521 e. The normalized spacial score (nSPS) is 11.0. The van der Waals surface area contributed by atoms with Gasteiger partial charge < -0.3 is 0 Å². The van der Waals surface area contributed by atoms with Gasteiger partial charge in [-0.25, -0.2) is 0 Å². The molecule has 0 amide bonds. The number of hydrogen-bond acceptors (Lipinski definition) is 1. The van der Waals surface area contributed by atoms with Gasteiger partial charge in [-0.05, 0) is 25.3 Å². The first-order valence-electron chi connectivity index (χ1n) is 4.10. The Hall–Kier alpha value is -0.790. The van der Waals surface area contributed by atoms with Crippen LogP contribution in [0.5, 0.6) is 0 Å². The Morgan fingerprint density at radius 3 is 2.45 bits per heavy atom. The van der Waals surface area contributed by atoms with E-state index in [2.05, 4.69) is 37.5 Å². The average Bonchev–Trinajstić information content (AvgIpc) is 2.18. The van der Waals surface area contributed by atoms with Crippen molar-refractivity contribution in [2.24, 2.45) is 5.92 Å². The zero-order valence-electron chi connectivity index (χ0n) is 7.76. The molecule has 62 valence electrons. The van der Waals surface area contributed by atoms with Crippen LogP contribution in [-0.2, 0) is 6.54 Å². The molecule has 1 rings (SSSR count). The zero-order chi connectivity index (χ0) is 8.43. The molecule has 2 heteroatoms. The lowest BCUT2D eigenvalue weighted by Gasteiger charge is -2.06. The molecule has 2 nitrogen and oxygen atoms in total. The molecule has 0 radical (unpaired) electrons. The molecule has 0 aliphatic carbocycles. The van der Waals surface area contributed by atoms with E-state index in [1.54, 1.807) is 0 Å². The molecule has 11 heavy (non-hydrogen) atoms. The van der Waals surface area contributed by atoms with Crippen LogP contribution in [-0.4, -0.2) is 9.78 Å². The molecule has 0 spiro atoms. The number of aromatic nitrogens is 2. The lowest BCUT2D eigenvalue weighted by Crippen LogP contribution is -2.07. The summed E-state index contributed by atoms with van der Waals surface area (Å²) in [5.74, 6) is 0.674. The molecule has 0 saturated heterocycles. The molecule has 0 saturated carbocycles. The van der Waals surface area contributed by atoms with Gasteiger partial charge in [0, 0.05) is 12.2 Å². The Balaban J connectivity index is 2.79. The number of rotatable bonds is 2. The van der Waals surface area contributed by atoms with Crippen LogP contribution < -0.4 is 0 Å². The maximum absolute atomic E-state index is 4.27. The minimum Gasteiger partial charge on any atom is -0.269 e. The quantitative estimate of drug-likeness (QED) is 0.635. The highest BCUT2D eigenvalue weighted by molar-refractivity contribution is 5.13. The van der Waals surface area contributed by atoms with Crippen LogP contribution in [0.3, 0.4) is 0 Å². The van der Waals surface area contributed by atoms with E-state index in [0.717, 1.165) is 6.54 Å². The number of aryl methyl sites for hydroxylation is 1. The molecule has 1 heterocycles. The van der Waals surface area contributed by atoms with Gasteiger partial charge in [-0.3, -0.25) is 4.68 Å². The minimum atomic E-state index is 0.674. The molecule has 0 aromatic carbocycles. The van der Waals surface area contributed by atoms with Crippen molar-refractivity contribution in [2.45, 2.75) is 34.2 Å².